The molecule has 0 bridgehead atoms. The number of piperidine rings is 1. The van der Waals surface area contributed by atoms with E-state index in [4.69, 9.17) is 10.7 Å². The molecule has 0 spiro atoms. The summed E-state index contributed by atoms with van der Waals surface area (Å²) in [6.07, 6.45) is 4.15. The maximum Gasteiger partial charge on any atom is 1.00 e. The van der Waals surface area contributed by atoms with Crippen LogP contribution >= 0.6 is 0 Å². The number of hydrogen-bond donors (Lipinski definition) is 3. The molecule has 2 aromatic heterocycles. The summed E-state index contributed by atoms with van der Waals surface area (Å²) in [6.45, 7) is 6.54. The van der Waals surface area contributed by atoms with Crippen LogP contribution in [0.4, 0.5) is 23.1 Å². The van der Waals surface area contributed by atoms with E-state index in [0.29, 0.717) is 11.9 Å². The second-order valence-electron chi connectivity index (χ2n) is 8.11. The Balaban J connectivity index is 0.00000231. The molecule has 2 aliphatic heterocycles. The van der Waals surface area contributed by atoms with Gasteiger partial charge in [-0.05, 0) is 68.7 Å². The van der Waals surface area contributed by atoms with Crippen molar-refractivity contribution in [1.82, 2.24) is 15.0 Å². The number of H-pyrrole nitrogens is 1. The predicted octanol–water partition coefficient (Wildman–Crippen LogP) is 0.0743. The van der Waals surface area contributed by atoms with Crippen molar-refractivity contribution >= 4 is 34.2 Å². The smallest absolute Gasteiger partial charge is 0.659 e. The van der Waals surface area contributed by atoms with Gasteiger partial charge in [0.2, 0.25) is 5.95 Å². The zero-order valence-electron chi connectivity index (χ0n) is 18.2. The first-order valence-electron chi connectivity index (χ1n) is 10.9. The molecule has 2 aliphatic rings. The van der Waals surface area contributed by atoms with E-state index in [-0.39, 0.29) is 58.2 Å². The number of nitrogens with zero attached hydrogens (tertiary/aromatic N) is 5. The van der Waals surface area contributed by atoms with Crippen molar-refractivity contribution in [3.05, 3.63) is 41.8 Å². The number of aromatic nitrogens is 3. The molecule has 3 aromatic rings. The first-order valence-corrected chi connectivity index (χ1v) is 10.9. The molecule has 4 heterocycles. The average molecular weight is 491 g/mol. The van der Waals surface area contributed by atoms with Crippen molar-refractivity contribution in [2.24, 2.45) is 11.7 Å². The Hall–Kier alpha value is -1.03. The summed E-state index contributed by atoms with van der Waals surface area (Å²) in [6, 6.07) is 10.5. The Morgan fingerprint density at radius 1 is 1.00 bits per heavy atom. The summed E-state index contributed by atoms with van der Waals surface area (Å²) < 4.78 is 0. The molecule has 0 aliphatic carbocycles. The number of hydrogen-bond acceptors (Lipinski definition) is 6. The van der Waals surface area contributed by atoms with E-state index in [0.717, 1.165) is 81.2 Å². The number of piperazine rings is 1. The predicted molar refractivity (Wildman–Crippen MR) is 123 cm³/mol. The van der Waals surface area contributed by atoms with Gasteiger partial charge >= 0.3 is 58.2 Å². The summed E-state index contributed by atoms with van der Waals surface area (Å²) in [5.74, 6) is 2.23. The van der Waals surface area contributed by atoms with Crippen LogP contribution in [-0.2, 0) is 0 Å². The summed E-state index contributed by atoms with van der Waals surface area (Å²) in [5, 5.41) is 8.88. The second-order valence-corrected chi connectivity index (χ2v) is 8.11. The molecule has 0 unspecified atom stereocenters. The second kappa shape index (κ2) is 10.7. The molecule has 158 valence electrons. The number of rotatable bonds is 5. The normalized spacial score (nSPS) is 17.6. The molecule has 0 amide bonds. The SMILES string of the molecule is NCC1CCN(c2nc(Nc3ccc(N4CC[N-]CC4)cc3)nc3[nH]ccc23)CC1.[Rb+]. The van der Waals surface area contributed by atoms with Crippen LogP contribution in [0.3, 0.4) is 0 Å². The van der Waals surface area contributed by atoms with Crippen molar-refractivity contribution in [1.29, 1.82) is 0 Å². The van der Waals surface area contributed by atoms with Crippen molar-refractivity contribution in [3.8, 4) is 0 Å². The molecule has 31 heavy (non-hydrogen) atoms. The van der Waals surface area contributed by atoms with Crippen LogP contribution in [0.5, 0.6) is 0 Å². The van der Waals surface area contributed by atoms with Crippen LogP contribution in [0, 0.1) is 5.92 Å². The van der Waals surface area contributed by atoms with Crippen LogP contribution in [0.2, 0.25) is 0 Å². The topological polar surface area (TPSA) is 100 Å². The van der Waals surface area contributed by atoms with Crippen LogP contribution in [0.15, 0.2) is 36.5 Å². The molecular formula is C22H29N8Rb. The monoisotopic (exact) mass is 490 g/mol. The van der Waals surface area contributed by atoms with Gasteiger partial charge in [0.25, 0.3) is 0 Å². The van der Waals surface area contributed by atoms with Crippen molar-refractivity contribution in [2.75, 3.05) is 60.9 Å². The molecule has 0 radical (unpaired) electrons. The Labute approximate surface area is 232 Å². The van der Waals surface area contributed by atoms with Gasteiger partial charge in [0, 0.05) is 30.7 Å². The minimum Gasteiger partial charge on any atom is -0.659 e. The number of benzene rings is 1. The van der Waals surface area contributed by atoms with Crippen LogP contribution < -0.4 is 79.0 Å². The fourth-order valence-corrected chi connectivity index (χ4v) is 4.35. The Morgan fingerprint density at radius 2 is 1.74 bits per heavy atom. The van der Waals surface area contributed by atoms with E-state index >= 15 is 0 Å². The van der Waals surface area contributed by atoms with Crippen LogP contribution in [-0.4, -0.2) is 60.8 Å². The third kappa shape index (κ3) is 5.31. The third-order valence-electron chi connectivity index (χ3n) is 6.19. The van der Waals surface area contributed by atoms with Crippen molar-refractivity contribution in [3.63, 3.8) is 0 Å². The number of nitrogens with two attached hydrogens (primary N) is 1. The minimum absolute atomic E-state index is 0. The summed E-state index contributed by atoms with van der Waals surface area (Å²) in [5.41, 5.74) is 8.94. The number of fused-ring (bicyclic) bond motifs is 1. The van der Waals surface area contributed by atoms with Crippen molar-refractivity contribution in [2.45, 2.75) is 12.8 Å². The zero-order valence-corrected chi connectivity index (χ0v) is 23.1. The quantitative estimate of drug-likeness (QED) is 0.468. The molecule has 9 heteroatoms. The molecule has 5 rings (SSSR count). The van der Waals surface area contributed by atoms with Gasteiger partial charge in [-0.3, -0.25) is 0 Å². The van der Waals surface area contributed by atoms with E-state index in [1.807, 2.05) is 6.20 Å². The van der Waals surface area contributed by atoms with E-state index in [1.165, 1.54) is 5.69 Å². The van der Waals surface area contributed by atoms with E-state index in [1.54, 1.807) is 0 Å². The number of anilines is 4. The molecule has 0 saturated carbocycles. The molecule has 4 N–H and O–H groups in total. The Kier molecular flexibility index (Phi) is 8.00. The molecule has 8 nitrogen and oxygen atoms in total. The summed E-state index contributed by atoms with van der Waals surface area (Å²) in [7, 11) is 0. The van der Waals surface area contributed by atoms with Gasteiger partial charge in [-0.25, -0.2) is 0 Å². The van der Waals surface area contributed by atoms with Gasteiger partial charge in [0.05, 0.1) is 5.39 Å². The fourth-order valence-electron chi connectivity index (χ4n) is 4.35. The largest absolute Gasteiger partial charge is 1.00 e. The Bertz CT molecular complexity index is 975. The first kappa shape index (κ1) is 23.1. The third-order valence-corrected chi connectivity index (χ3v) is 6.19. The van der Waals surface area contributed by atoms with Gasteiger partial charge < -0.3 is 31.2 Å². The van der Waals surface area contributed by atoms with Crippen LogP contribution in [0.25, 0.3) is 16.4 Å². The molecule has 0 atom stereocenters. The van der Waals surface area contributed by atoms with E-state index in [9.17, 15) is 0 Å². The van der Waals surface area contributed by atoms with E-state index in [2.05, 4.69) is 60.7 Å². The van der Waals surface area contributed by atoms with Gasteiger partial charge in [-0.1, -0.05) is 0 Å². The number of nitrogens with one attached hydrogen (secondary N) is 2. The molecule has 2 fully saturated rings. The molecule has 1 aromatic carbocycles. The minimum atomic E-state index is 0. The average Bonchev–Trinajstić information content (AvgIpc) is 3.28. The van der Waals surface area contributed by atoms with Gasteiger partial charge in [0.15, 0.2) is 0 Å². The Morgan fingerprint density at radius 3 is 2.45 bits per heavy atom. The maximum atomic E-state index is 5.86. The standard InChI is InChI=1S/C22H29N8.Rb/c23-15-16-6-11-30(12-7-16)21-19-5-8-25-20(19)27-22(28-21)26-17-1-3-18(4-2-17)29-13-9-24-10-14-29;/h1-5,8,16H,6-7,9-15,23H2,(H2,25,26,27,28);/q-1;+1. The van der Waals surface area contributed by atoms with Crippen LogP contribution in [0.1, 0.15) is 12.8 Å². The molecular weight excluding hydrogens is 462 g/mol. The molecule has 2 saturated heterocycles. The van der Waals surface area contributed by atoms with Gasteiger partial charge in [-0.2, -0.15) is 9.97 Å². The van der Waals surface area contributed by atoms with Gasteiger partial charge in [-0.15, -0.1) is 13.1 Å². The first-order chi connectivity index (χ1) is 14.8. The summed E-state index contributed by atoms with van der Waals surface area (Å²) in [4.78, 5) is 17.5. The van der Waals surface area contributed by atoms with Crippen molar-refractivity contribution < 1.29 is 58.2 Å². The number of aromatic amines is 1. The maximum absolute atomic E-state index is 5.86. The fraction of sp³-hybridized carbons (Fsp3) is 0.455. The zero-order chi connectivity index (χ0) is 20.3. The van der Waals surface area contributed by atoms with E-state index < -0.39 is 0 Å². The summed E-state index contributed by atoms with van der Waals surface area (Å²) >= 11 is 0. The van der Waals surface area contributed by atoms with Gasteiger partial charge in [0.1, 0.15) is 11.5 Å².